The highest BCUT2D eigenvalue weighted by molar-refractivity contribution is 5.93. The van der Waals surface area contributed by atoms with Gasteiger partial charge in [0.05, 0.1) is 18.4 Å². The van der Waals surface area contributed by atoms with Gasteiger partial charge >= 0.3 is 0 Å². The van der Waals surface area contributed by atoms with E-state index in [-0.39, 0.29) is 17.7 Å². The van der Waals surface area contributed by atoms with Crippen LogP contribution in [0.3, 0.4) is 0 Å². The van der Waals surface area contributed by atoms with Gasteiger partial charge in [-0.05, 0) is 36.5 Å². The molecule has 33 heavy (non-hydrogen) atoms. The molecule has 172 valence electrons. The van der Waals surface area contributed by atoms with Crippen LogP contribution in [0.4, 0.5) is 0 Å². The highest BCUT2D eigenvalue weighted by Gasteiger charge is 2.33. The standard InChI is InChI=1S/C27H32N4O2/c1-3-14-30-15-16-31(27(33)25-18-28-20-29(25)4-2)19-24(26(30)32)17-21-10-12-23(13-11-21)22-8-6-5-7-9-22/h5-13,18,20,24H,3-4,14-17,19H2,1-2H3. The predicted octanol–water partition coefficient (Wildman–Crippen LogP) is 4.12. The van der Waals surface area contributed by atoms with Crippen molar-refractivity contribution in [2.45, 2.75) is 33.2 Å². The van der Waals surface area contributed by atoms with E-state index < -0.39 is 0 Å². The topological polar surface area (TPSA) is 58.4 Å². The van der Waals surface area contributed by atoms with E-state index in [0.29, 0.717) is 38.3 Å². The molecule has 1 aliphatic heterocycles. The molecule has 1 atom stereocenters. The van der Waals surface area contributed by atoms with Crippen molar-refractivity contribution in [2.24, 2.45) is 5.92 Å². The van der Waals surface area contributed by atoms with Gasteiger partial charge in [-0.3, -0.25) is 9.59 Å². The van der Waals surface area contributed by atoms with E-state index >= 15 is 0 Å². The Bertz CT molecular complexity index is 1080. The lowest BCUT2D eigenvalue weighted by atomic mass is 9.95. The van der Waals surface area contributed by atoms with E-state index in [2.05, 4.69) is 48.3 Å². The van der Waals surface area contributed by atoms with E-state index in [1.807, 2.05) is 39.5 Å². The summed E-state index contributed by atoms with van der Waals surface area (Å²) in [5.41, 5.74) is 4.02. The molecule has 2 heterocycles. The number of nitrogens with zero attached hydrogens (tertiary/aromatic N) is 4. The summed E-state index contributed by atoms with van der Waals surface area (Å²) < 4.78 is 1.86. The summed E-state index contributed by atoms with van der Waals surface area (Å²) >= 11 is 0. The first-order chi connectivity index (χ1) is 16.1. The zero-order valence-corrected chi connectivity index (χ0v) is 19.5. The maximum absolute atomic E-state index is 13.4. The maximum atomic E-state index is 13.4. The summed E-state index contributed by atoms with van der Waals surface area (Å²) in [6, 6.07) is 18.7. The SMILES string of the molecule is CCCN1CCN(C(=O)c2cncn2CC)CC(Cc2ccc(-c3ccccc3)cc2)C1=O. The fourth-order valence-electron chi connectivity index (χ4n) is 4.53. The molecule has 0 N–H and O–H groups in total. The first-order valence-corrected chi connectivity index (χ1v) is 11.8. The minimum Gasteiger partial charge on any atom is -0.341 e. The molecule has 1 unspecified atom stereocenters. The van der Waals surface area contributed by atoms with Gasteiger partial charge in [-0.2, -0.15) is 0 Å². The van der Waals surface area contributed by atoms with Crippen LogP contribution < -0.4 is 0 Å². The fourth-order valence-corrected chi connectivity index (χ4v) is 4.53. The molecular weight excluding hydrogens is 412 g/mol. The normalized spacial score (nSPS) is 16.7. The highest BCUT2D eigenvalue weighted by Crippen LogP contribution is 2.23. The van der Waals surface area contributed by atoms with Crippen molar-refractivity contribution in [1.29, 1.82) is 0 Å². The molecule has 3 aromatic rings. The van der Waals surface area contributed by atoms with Crippen LogP contribution in [0.5, 0.6) is 0 Å². The van der Waals surface area contributed by atoms with Crippen LogP contribution in [0.15, 0.2) is 67.1 Å². The second kappa shape index (κ2) is 10.5. The first kappa shape index (κ1) is 22.8. The van der Waals surface area contributed by atoms with Crippen LogP contribution in [-0.2, 0) is 17.8 Å². The Morgan fingerprint density at radius 3 is 2.42 bits per heavy atom. The maximum Gasteiger partial charge on any atom is 0.272 e. The third-order valence-electron chi connectivity index (χ3n) is 6.34. The number of amides is 2. The molecule has 1 fully saturated rings. The average molecular weight is 445 g/mol. The number of imidazole rings is 1. The Balaban J connectivity index is 1.54. The van der Waals surface area contributed by atoms with Gasteiger partial charge in [-0.15, -0.1) is 0 Å². The monoisotopic (exact) mass is 444 g/mol. The molecule has 0 spiro atoms. The van der Waals surface area contributed by atoms with E-state index in [9.17, 15) is 9.59 Å². The Hall–Kier alpha value is -3.41. The Kier molecular flexibility index (Phi) is 7.23. The van der Waals surface area contributed by atoms with E-state index in [1.165, 1.54) is 5.56 Å². The highest BCUT2D eigenvalue weighted by atomic mass is 16.2. The van der Waals surface area contributed by atoms with E-state index in [0.717, 1.165) is 24.1 Å². The molecule has 2 aromatic carbocycles. The number of aromatic nitrogens is 2. The van der Waals surface area contributed by atoms with Crippen molar-refractivity contribution in [3.8, 4) is 11.1 Å². The molecule has 6 nitrogen and oxygen atoms in total. The lowest BCUT2D eigenvalue weighted by Crippen LogP contribution is -2.38. The molecule has 0 bridgehead atoms. The molecule has 0 radical (unpaired) electrons. The number of hydrogen-bond donors (Lipinski definition) is 0. The fraction of sp³-hybridized carbons (Fsp3) is 0.370. The van der Waals surface area contributed by atoms with Crippen molar-refractivity contribution >= 4 is 11.8 Å². The molecule has 6 heteroatoms. The lowest BCUT2D eigenvalue weighted by Gasteiger charge is -2.24. The van der Waals surface area contributed by atoms with Crippen molar-refractivity contribution in [3.63, 3.8) is 0 Å². The molecule has 0 saturated carbocycles. The van der Waals surface area contributed by atoms with Gasteiger partial charge in [0.1, 0.15) is 5.69 Å². The second-order valence-corrected chi connectivity index (χ2v) is 8.61. The summed E-state index contributed by atoms with van der Waals surface area (Å²) in [7, 11) is 0. The van der Waals surface area contributed by atoms with E-state index in [4.69, 9.17) is 0 Å². The van der Waals surface area contributed by atoms with Gasteiger partial charge in [0.15, 0.2) is 0 Å². The molecule has 4 rings (SSSR count). The average Bonchev–Trinajstić information content (AvgIpc) is 3.28. The molecule has 2 amide bonds. The van der Waals surface area contributed by atoms with Gasteiger partial charge in [-0.1, -0.05) is 61.5 Å². The number of rotatable bonds is 7. The number of carbonyl (C=O) groups excluding carboxylic acids is 2. The summed E-state index contributed by atoms with van der Waals surface area (Å²) in [5, 5.41) is 0. The van der Waals surface area contributed by atoms with Crippen LogP contribution in [0, 0.1) is 5.92 Å². The van der Waals surface area contributed by atoms with Crippen LogP contribution >= 0.6 is 0 Å². The molecular formula is C27H32N4O2. The molecule has 1 aromatic heterocycles. The number of aryl methyl sites for hydroxylation is 1. The summed E-state index contributed by atoms with van der Waals surface area (Å²) in [6.07, 6.45) is 4.83. The smallest absolute Gasteiger partial charge is 0.272 e. The molecule has 1 aliphatic rings. The number of carbonyl (C=O) groups is 2. The van der Waals surface area contributed by atoms with Gasteiger partial charge in [0.2, 0.25) is 5.91 Å². The van der Waals surface area contributed by atoms with Gasteiger partial charge < -0.3 is 14.4 Å². The van der Waals surface area contributed by atoms with Crippen molar-refractivity contribution in [3.05, 3.63) is 78.4 Å². The third kappa shape index (κ3) is 5.16. The van der Waals surface area contributed by atoms with Gasteiger partial charge in [0, 0.05) is 32.7 Å². The lowest BCUT2D eigenvalue weighted by molar-refractivity contribution is -0.134. The Labute approximate surface area is 195 Å². The minimum atomic E-state index is -0.261. The van der Waals surface area contributed by atoms with Crippen molar-refractivity contribution < 1.29 is 9.59 Å². The second-order valence-electron chi connectivity index (χ2n) is 8.61. The summed E-state index contributed by atoms with van der Waals surface area (Å²) in [6.45, 7) is 7.02. The molecule has 0 aliphatic carbocycles. The van der Waals surface area contributed by atoms with Crippen molar-refractivity contribution in [1.82, 2.24) is 19.4 Å². The van der Waals surface area contributed by atoms with Gasteiger partial charge in [-0.25, -0.2) is 4.98 Å². The van der Waals surface area contributed by atoms with Gasteiger partial charge in [0.25, 0.3) is 5.91 Å². The summed E-state index contributed by atoms with van der Waals surface area (Å²) in [5.74, 6) is -0.170. The summed E-state index contributed by atoms with van der Waals surface area (Å²) in [4.78, 5) is 34.6. The first-order valence-electron chi connectivity index (χ1n) is 11.8. The largest absolute Gasteiger partial charge is 0.341 e. The zero-order chi connectivity index (χ0) is 23.2. The van der Waals surface area contributed by atoms with Crippen LogP contribution in [0.1, 0.15) is 36.3 Å². The van der Waals surface area contributed by atoms with Crippen LogP contribution in [0.2, 0.25) is 0 Å². The third-order valence-corrected chi connectivity index (χ3v) is 6.34. The minimum absolute atomic E-state index is 0.0510. The number of hydrogen-bond acceptors (Lipinski definition) is 3. The van der Waals surface area contributed by atoms with E-state index in [1.54, 1.807) is 12.5 Å². The van der Waals surface area contributed by atoms with Crippen LogP contribution in [0.25, 0.3) is 11.1 Å². The van der Waals surface area contributed by atoms with Crippen LogP contribution in [-0.4, -0.2) is 57.3 Å². The Morgan fingerprint density at radius 1 is 1.00 bits per heavy atom. The zero-order valence-electron chi connectivity index (χ0n) is 19.5. The Morgan fingerprint density at radius 2 is 1.73 bits per heavy atom. The molecule has 1 saturated heterocycles. The quantitative estimate of drug-likeness (QED) is 0.551. The van der Waals surface area contributed by atoms with Crippen molar-refractivity contribution in [2.75, 3.05) is 26.2 Å². The number of benzene rings is 2. The predicted molar refractivity (Wildman–Crippen MR) is 130 cm³/mol.